The number of carbonyl (C=O) groups excluding carboxylic acids is 1. The van der Waals surface area contributed by atoms with Crippen LogP contribution >= 0.6 is 0 Å². The van der Waals surface area contributed by atoms with Crippen LogP contribution in [0.25, 0.3) is 0 Å². The molecule has 2 aromatic rings. The summed E-state index contributed by atoms with van der Waals surface area (Å²) in [5.74, 6) is 0.813. The number of amides is 2. The Morgan fingerprint density at radius 1 is 1.23 bits per heavy atom. The number of likely N-dealkylation sites (tertiary alicyclic amines) is 1. The minimum atomic E-state index is -0.115. The zero-order chi connectivity index (χ0) is 18.5. The van der Waals surface area contributed by atoms with Gasteiger partial charge < -0.3 is 19.7 Å². The van der Waals surface area contributed by atoms with Gasteiger partial charge in [-0.25, -0.2) is 4.79 Å². The maximum absolute atomic E-state index is 12.6. The fourth-order valence-corrected chi connectivity index (χ4v) is 2.90. The number of anilines is 1. The van der Waals surface area contributed by atoms with E-state index in [2.05, 4.69) is 22.2 Å². The summed E-state index contributed by atoms with van der Waals surface area (Å²) in [6.45, 7) is 5.30. The van der Waals surface area contributed by atoms with Crippen molar-refractivity contribution >= 4 is 11.7 Å². The van der Waals surface area contributed by atoms with Crippen molar-refractivity contribution in [3.63, 3.8) is 0 Å². The van der Waals surface area contributed by atoms with Crippen molar-refractivity contribution in [2.24, 2.45) is 0 Å². The second-order valence-corrected chi connectivity index (χ2v) is 6.46. The van der Waals surface area contributed by atoms with Crippen LogP contribution in [0.15, 0.2) is 30.6 Å². The lowest BCUT2D eigenvalue weighted by molar-refractivity contribution is 0.101. The molecule has 2 heterocycles. The summed E-state index contributed by atoms with van der Waals surface area (Å²) < 4.78 is 10.9. The molecule has 0 saturated carbocycles. The molecule has 1 aromatic carbocycles. The van der Waals surface area contributed by atoms with E-state index >= 15 is 0 Å². The SMILES string of the molecule is COc1cncc(OC2CCCN(C(=O)Nc3ccc(C)c(C)c3)C2)n1. The van der Waals surface area contributed by atoms with Crippen molar-refractivity contribution in [1.29, 1.82) is 0 Å². The lowest BCUT2D eigenvalue weighted by Gasteiger charge is -2.32. The first kappa shape index (κ1) is 18.0. The van der Waals surface area contributed by atoms with E-state index in [9.17, 15) is 4.79 Å². The van der Waals surface area contributed by atoms with Gasteiger partial charge in [-0.15, -0.1) is 0 Å². The number of benzene rings is 1. The largest absolute Gasteiger partial charge is 0.480 e. The number of methoxy groups -OCH3 is 1. The molecule has 1 aliphatic rings. The topological polar surface area (TPSA) is 76.6 Å². The van der Waals surface area contributed by atoms with Crippen molar-refractivity contribution in [3.05, 3.63) is 41.7 Å². The number of aromatic nitrogens is 2. The summed E-state index contributed by atoms with van der Waals surface area (Å²) in [6, 6.07) is 5.80. The van der Waals surface area contributed by atoms with Crippen LogP contribution in [0.4, 0.5) is 10.5 Å². The van der Waals surface area contributed by atoms with Gasteiger partial charge >= 0.3 is 6.03 Å². The molecular formula is C19H24N4O3. The maximum atomic E-state index is 12.6. The summed E-state index contributed by atoms with van der Waals surface area (Å²) in [4.78, 5) is 22.6. The number of aryl methyl sites for hydroxylation is 2. The molecule has 0 radical (unpaired) electrons. The molecule has 138 valence electrons. The molecule has 1 unspecified atom stereocenters. The van der Waals surface area contributed by atoms with E-state index in [4.69, 9.17) is 9.47 Å². The van der Waals surface area contributed by atoms with Crippen LogP contribution in [-0.2, 0) is 0 Å². The van der Waals surface area contributed by atoms with E-state index in [0.717, 1.165) is 24.1 Å². The fourth-order valence-electron chi connectivity index (χ4n) is 2.90. The molecule has 1 atom stereocenters. The highest BCUT2D eigenvalue weighted by Crippen LogP contribution is 2.20. The molecule has 0 bridgehead atoms. The van der Waals surface area contributed by atoms with Gasteiger partial charge in [-0.3, -0.25) is 4.98 Å². The van der Waals surface area contributed by atoms with Crippen LogP contribution in [0.3, 0.4) is 0 Å². The molecule has 7 heteroatoms. The van der Waals surface area contributed by atoms with Gasteiger partial charge in [0, 0.05) is 12.2 Å². The fraction of sp³-hybridized carbons (Fsp3) is 0.421. The standard InChI is InChI=1S/C19H24N4O3/c1-13-6-7-15(9-14(13)2)21-19(24)23-8-4-5-16(12-23)26-18-11-20-10-17(22-18)25-3/h6-7,9-11,16H,4-5,8,12H2,1-3H3,(H,21,24). The van der Waals surface area contributed by atoms with Crippen LogP contribution in [0.5, 0.6) is 11.8 Å². The molecule has 2 amide bonds. The van der Waals surface area contributed by atoms with E-state index in [1.807, 2.05) is 25.1 Å². The Hall–Kier alpha value is -2.83. The number of ether oxygens (including phenoxy) is 2. The molecule has 0 aliphatic carbocycles. The Morgan fingerprint density at radius 2 is 2.04 bits per heavy atom. The summed E-state index contributed by atoms with van der Waals surface area (Å²) in [5, 5.41) is 2.97. The molecule has 1 fully saturated rings. The first-order valence-corrected chi connectivity index (χ1v) is 8.71. The highest BCUT2D eigenvalue weighted by molar-refractivity contribution is 5.89. The Bertz CT molecular complexity index is 781. The van der Waals surface area contributed by atoms with Crippen molar-refractivity contribution in [1.82, 2.24) is 14.9 Å². The maximum Gasteiger partial charge on any atom is 0.321 e. The van der Waals surface area contributed by atoms with Gasteiger partial charge in [-0.05, 0) is 49.9 Å². The monoisotopic (exact) mass is 356 g/mol. The van der Waals surface area contributed by atoms with E-state index in [-0.39, 0.29) is 12.1 Å². The number of nitrogens with zero attached hydrogens (tertiary/aromatic N) is 3. The van der Waals surface area contributed by atoms with Crippen LogP contribution < -0.4 is 14.8 Å². The summed E-state index contributed by atoms with van der Waals surface area (Å²) in [7, 11) is 1.53. The van der Waals surface area contributed by atoms with Crippen molar-refractivity contribution in [3.8, 4) is 11.8 Å². The summed E-state index contributed by atoms with van der Waals surface area (Å²) in [5.41, 5.74) is 3.16. The second-order valence-electron chi connectivity index (χ2n) is 6.46. The molecule has 0 spiro atoms. The van der Waals surface area contributed by atoms with Gasteiger partial charge in [0.25, 0.3) is 0 Å². The lowest BCUT2D eigenvalue weighted by Crippen LogP contribution is -2.46. The molecule has 1 aromatic heterocycles. The van der Waals surface area contributed by atoms with Crippen molar-refractivity contribution in [2.45, 2.75) is 32.8 Å². The van der Waals surface area contributed by atoms with Gasteiger partial charge in [0.2, 0.25) is 11.8 Å². The molecule has 1 saturated heterocycles. The number of piperidine rings is 1. The third kappa shape index (κ3) is 4.41. The molecular weight excluding hydrogens is 332 g/mol. The van der Waals surface area contributed by atoms with Gasteiger partial charge in [-0.1, -0.05) is 6.07 Å². The summed E-state index contributed by atoms with van der Waals surface area (Å²) in [6.07, 6.45) is 4.71. The van der Waals surface area contributed by atoms with Gasteiger partial charge in [-0.2, -0.15) is 4.98 Å². The molecule has 7 nitrogen and oxygen atoms in total. The van der Waals surface area contributed by atoms with E-state index in [1.165, 1.54) is 18.9 Å². The second kappa shape index (κ2) is 8.03. The Balaban J connectivity index is 1.60. The first-order chi connectivity index (χ1) is 12.5. The predicted molar refractivity (Wildman–Crippen MR) is 98.7 cm³/mol. The van der Waals surface area contributed by atoms with Gasteiger partial charge in [0.15, 0.2) is 0 Å². The van der Waals surface area contributed by atoms with Gasteiger partial charge in [0.05, 0.1) is 26.0 Å². The van der Waals surface area contributed by atoms with E-state index in [0.29, 0.717) is 24.8 Å². The smallest absolute Gasteiger partial charge is 0.321 e. The number of hydrogen-bond acceptors (Lipinski definition) is 5. The van der Waals surface area contributed by atoms with Crippen molar-refractivity contribution in [2.75, 3.05) is 25.5 Å². The van der Waals surface area contributed by atoms with Crippen molar-refractivity contribution < 1.29 is 14.3 Å². The van der Waals surface area contributed by atoms with E-state index < -0.39 is 0 Å². The molecule has 3 rings (SSSR count). The zero-order valence-corrected chi connectivity index (χ0v) is 15.4. The third-order valence-corrected chi connectivity index (χ3v) is 4.51. The van der Waals surface area contributed by atoms with Crippen LogP contribution in [0.1, 0.15) is 24.0 Å². The molecule has 1 aliphatic heterocycles. The molecule has 1 N–H and O–H groups in total. The highest BCUT2D eigenvalue weighted by Gasteiger charge is 2.25. The normalized spacial score (nSPS) is 16.9. The summed E-state index contributed by atoms with van der Waals surface area (Å²) >= 11 is 0. The van der Waals surface area contributed by atoms with E-state index in [1.54, 1.807) is 11.1 Å². The quantitative estimate of drug-likeness (QED) is 0.910. The lowest BCUT2D eigenvalue weighted by atomic mass is 10.1. The van der Waals surface area contributed by atoms with Crippen LogP contribution in [0, 0.1) is 13.8 Å². The van der Waals surface area contributed by atoms with Gasteiger partial charge in [0.1, 0.15) is 6.10 Å². The number of urea groups is 1. The highest BCUT2D eigenvalue weighted by atomic mass is 16.5. The number of nitrogens with one attached hydrogen (secondary N) is 1. The van der Waals surface area contributed by atoms with Crippen LogP contribution in [0.2, 0.25) is 0 Å². The zero-order valence-electron chi connectivity index (χ0n) is 15.4. The number of hydrogen-bond donors (Lipinski definition) is 1. The minimum absolute atomic E-state index is 0.113. The predicted octanol–water partition coefficient (Wildman–Crippen LogP) is 3.18. The minimum Gasteiger partial charge on any atom is -0.480 e. The molecule has 26 heavy (non-hydrogen) atoms. The Kier molecular flexibility index (Phi) is 5.55. The van der Waals surface area contributed by atoms with Crippen LogP contribution in [-0.4, -0.2) is 47.2 Å². The Morgan fingerprint density at radius 3 is 2.81 bits per heavy atom. The first-order valence-electron chi connectivity index (χ1n) is 8.71. The average molecular weight is 356 g/mol. The number of rotatable bonds is 4. The third-order valence-electron chi connectivity index (χ3n) is 4.51. The Labute approximate surface area is 153 Å². The average Bonchev–Trinajstić information content (AvgIpc) is 2.65. The number of carbonyl (C=O) groups is 1.